The van der Waals surface area contributed by atoms with Crippen LogP contribution in [-0.2, 0) is 11.2 Å². The summed E-state index contributed by atoms with van der Waals surface area (Å²) in [7, 11) is 0. The second-order valence-corrected chi connectivity index (χ2v) is 4.81. The molecule has 0 spiro atoms. The maximum atomic E-state index is 11.3. The van der Waals surface area contributed by atoms with Crippen molar-refractivity contribution in [3.8, 4) is 0 Å². The number of carbonyl (C=O) groups is 1. The predicted molar refractivity (Wildman–Crippen MR) is 62.5 cm³/mol. The number of carboxylic acids is 1. The van der Waals surface area contributed by atoms with Crippen LogP contribution in [0.25, 0.3) is 0 Å². The zero-order chi connectivity index (χ0) is 13.0. The lowest BCUT2D eigenvalue weighted by molar-refractivity contribution is -0.143. The maximum absolute atomic E-state index is 11.3. The molecule has 0 fully saturated rings. The summed E-state index contributed by atoms with van der Waals surface area (Å²) in [4.78, 5) is 11.3. The highest BCUT2D eigenvalue weighted by molar-refractivity contribution is 5.72. The third kappa shape index (κ3) is 3.25. The molecule has 1 rings (SSSR count). The molecule has 0 amide bonds. The minimum Gasteiger partial charge on any atom is -0.480 e. The highest BCUT2D eigenvalue weighted by Crippen LogP contribution is 2.22. The van der Waals surface area contributed by atoms with Crippen LogP contribution < -0.4 is 0 Å². The summed E-state index contributed by atoms with van der Waals surface area (Å²) in [5.74, 6) is 0.164. The van der Waals surface area contributed by atoms with Gasteiger partial charge in [0.1, 0.15) is 0 Å². The van der Waals surface area contributed by atoms with Crippen LogP contribution in [0.4, 0.5) is 0 Å². The molecule has 1 aromatic rings. The van der Waals surface area contributed by atoms with Crippen LogP contribution in [0.3, 0.4) is 0 Å². The highest BCUT2D eigenvalue weighted by atomic mass is 16.4. The molecule has 2 unspecified atom stereocenters. The van der Waals surface area contributed by atoms with Crippen molar-refractivity contribution in [3.05, 3.63) is 5.82 Å². The average molecular weight is 240 g/mol. The van der Waals surface area contributed by atoms with Crippen LogP contribution in [0, 0.1) is 11.8 Å². The van der Waals surface area contributed by atoms with Crippen molar-refractivity contribution < 1.29 is 9.90 Å². The third-order valence-electron chi connectivity index (χ3n) is 2.85. The van der Waals surface area contributed by atoms with E-state index in [9.17, 15) is 9.90 Å². The normalized spacial score (nSPS) is 14.9. The quantitative estimate of drug-likeness (QED) is 0.815. The summed E-state index contributed by atoms with van der Waals surface area (Å²) in [6.45, 7) is 7.97. The summed E-state index contributed by atoms with van der Waals surface area (Å²) < 4.78 is 1.45. The van der Waals surface area contributed by atoms with Crippen molar-refractivity contribution >= 4 is 5.97 Å². The Morgan fingerprint density at radius 3 is 2.53 bits per heavy atom. The standard InChI is InChI=1S/C11H20N4O2/c1-5-8(4)10(11(16)17)15-9(6-7(2)3)12-13-14-15/h7-8,10H,5-6H2,1-4H3,(H,16,17). The van der Waals surface area contributed by atoms with Gasteiger partial charge in [-0.25, -0.2) is 9.48 Å². The Bertz CT molecular complexity index is 375. The van der Waals surface area contributed by atoms with Crippen molar-refractivity contribution in [3.63, 3.8) is 0 Å². The fourth-order valence-corrected chi connectivity index (χ4v) is 1.74. The first-order valence-electron chi connectivity index (χ1n) is 5.96. The molecule has 0 saturated carbocycles. The first-order valence-corrected chi connectivity index (χ1v) is 5.96. The van der Waals surface area contributed by atoms with Gasteiger partial charge >= 0.3 is 5.97 Å². The maximum Gasteiger partial charge on any atom is 0.328 e. The fraction of sp³-hybridized carbons (Fsp3) is 0.818. The Morgan fingerprint density at radius 2 is 2.06 bits per heavy atom. The molecular formula is C11H20N4O2. The zero-order valence-electron chi connectivity index (χ0n) is 10.8. The monoisotopic (exact) mass is 240 g/mol. The molecule has 6 heteroatoms. The Kier molecular flexibility index (Phi) is 4.60. The van der Waals surface area contributed by atoms with Gasteiger partial charge < -0.3 is 5.11 Å². The van der Waals surface area contributed by atoms with E-state index in [0.29, 0.717) is 18.2 Å². The van der Waals surface area contributed by atoms with Crippen LogP contribution in [-0.4, -0.2) is 31.3 Å². The number of rotatable bonds is 6. The molecule has 6 nitrogen and oxygen atoms in total. The summed E-state index contributed by atoms with van der Waals surface area (Å²) >= 11 is 0. The van der Waals surface area contributed by atoms with Gasteiger partial charge in [-0.3, -0.25) is 0 Å². The lowest BCUT2D eigenvalue weighted by Gasteiger charge is -2.20. The number of aliphatic carboxylic acids is 1. The van der Waals surface area contributed by atoms with E-state index in [4.69, 9.17) is 0 Å². The first-order chi connectivity index (χ1) is 7.97. The molecule has 0 aliphatic rings. The van der Waals surface area contributed by atoms with Gasteiger partial charge in [0.15, 0.2) is 11.9 Å². The van der Waals surface area contributed by atoms with E-state index in [1.54, 1.807) is 0 Å². The van der Waals surface area contributed by atoms with Gasteiger partial charge in [0.05, 0.1) is 0 Å². The lowest BCUT2D eigenvalue weighted by Crippen LogP contribution is -2.28. The lowest BCUT2D eigenvalue weighted by atomic mass is 9.99. The van der Waals surface area contributed by atoms with Crippen LogP contribution in [0.15, 0.2) is 0 Å². The second-order valence-electron chi connectivity index (χ2n) is 4.81. The Balaban J connectivity index is 3.02. The average Bonchev–Trinajstić information content (AvgIpc) is 2.65. The molecule has 17 heavy (non-hydrogen) atoms. The van der Waals surface area contributed by atoms with Crippen LogP contribution in [0.5, 0.6) is 0 Å². The van der Waals surface area contributed by atoms with Gasteiger partial charge in [0, 0.05) is 6.42 Å². The van der Waals surface area contributed by atoms with Crippen LogP contribution >= 0.6 is 0 Å². The topological polar surface area (TPSA) is 80.9 Å². The van der Waals surface area contributed by atoms with E-state index in [1.807, 2.05) is 13.8 Å². The van der Waals surface area contributed by atoms with Gasteiger partial charge in [-0.05, 0) is 22.3 Å². The number of aromatic nitrogens is 4. The number of hydrogen-bond acceptors (Lipinski definition) is 4. The van der Waals surface area contributed by atoms with Gasteiger partial charge in [0.25, 0.3) is 0 Å². The van der Waals surface area contributed by atoms with Crippen molar-refractivity contribution in [1.82, 2.24) is 20.2 Å². The third-order valence-corrected chi connectivity index (χ3v) is 2.85. The Morgan fingerprint density at radius 1 is 1.41 bits per heavy atom. The van der Waals surface area contributed by atoms with E-state index in [-0.39, 0.29) is 5.92 Å². The minimum absolute atomic E-state index is 0.00177. The Labute approximate surface area is 101 Å². The smallest absolute Gasteiger partial charge is 0.328 e. The van der Waals surface area contributed by atoms with E-state index in [1.165, 1.54) is 4.68 Å². The summed E-state index contributed by atoms with van der Waals surface area (Å²) in [6, 6.07) is -0.677. The molecule has 0 bridgehead atoms. The molecule has 96 valence electrons. The zero-order valence-corrected chi connectivity index (χ0v) is 10.8. The minimum atomic E-state index is -0.878. The number of hydrogen-bond donors (Lipinski definition) is 1. The molecule has 0 aliphatic carbocycles. The molecule has 0 radical (unpaired) electrons. The summed E-state index contributed by atoms with van der Waals surface area (Å²) in [6.07, 6.45) is 1.46. The number of carboxylic acid groups (broad SMARTS) is 1. The van der Waals surface area contributed by atoms with Gasteiger partial charge in [-0.2, -0.15) is 0 Å². The fourth-order valence-electron chi connectivity index (χ4n) is 1.74. The van der Waals surface area contributed by atoms with Crippen LogP contribution in [0.1, 0.15) is 46.0 Å². The van der Waals surface area contributed by atoms with E-state index < -0.39 is 12.0 Å². The van der Waals surface area contributed by atoms with E-state index in [2.05, 4.69) is 29.4 Å². The highest BCUT2D eigenvalue weighted by Gasteiger charge is 2.29. The molecule has 0 aromatic carbocycles. The second kappa shape index (κ2) is 5.75. The summed E-state index contributed by atoms with van der Waals surface area (Å²) in [5, 5.41) is 20.6. The Hall–Kier alpha value is -1.46. The number of nitrogens with zero attached hydrogens (tertiary/aromatic N) is 4. The molecular weight excluding hydrogens is 220 g/mol. The van der Waals surface area contributed by atoms with Gasteiger partial charge in [-0.15, -0.1) is 5.10 Å². The molecule has 1 N–H and O–H groups in total. The van der Waals surface area contributed by atoms with Gasteiger partial charge in [-0.1, -0.05) is 34.1 Å². The molecule has 1 aromatic heterocycles. The van der Waals surface area contributed by atoms with Gasteiger partial charge in [0.2, 0.25) is 0 Å². The van der Waals surface area contributed by atoms with Crippen molar-refractivity contribution in [2.45, 2.75) is 46.6 Å². The molecule has 0 aliphatic heterocycles. The summed E-state index contributed by atoms with van der Waals surface area (Å²) in [5.41, 5.74) is 0. The predicted octanol–water partition coefficient (Wildman–Crippen LogP) is 1.54. The molecule has 2 atom stereocenters. The SMILES string of the molecule is CCC(C)C(C(=O)O)n1nnnc1CC(C)C. The molecule has 1 heterocycles. The van der Waals surface area contributed by atoms with Crippen molar-refractivity contribution in [1.29, 1.82) is 0 Å². The van der Waals surface area contributed by atoms with Crippen molar-refractivity contribution in [2.24, 2.45) is 11.8 Å². The van der Waals surface area contributed by atoms with Crippen molar-refractivity contribution in [2.75, 3.05) is 0 Å². The molecule has 0 saturated heterocycles. The first kappa shape index (κ1) is 13.6. The van der Waals surface area contributed by atoms with E-state index >= 15 is 0 Å². The van der Waals surface area contributed by atoms with E-state index in [0.717, 1.165) is 6.42 Å². The number of tetrazole rings is 1. The largest absolute Gasteiger partial charge is 0.480 e. The van der Waals surface area contributed by atoms with Crippen LogP contribution in [0.2, 0.25) is 0 Å².